The summed E-state index contributed by atoms with van der Waals surface area (Å²) in [5.41, 5.74) is 10.1. The van der Waals surface area contributed by atoms with Gasteiger partial charge in [0.25, 0.3) is 0 Å². The maximum Gasteiger partial charge on any atom is 0.143 e. The van der Waals surface area contributed by atoms with Gasteiger partial charge in [0.2, 0.25) is 0 Å². The quantitative estimate of drug-likeness (QED) is 0.389. The Labute approximate surface area is 221 Å². The van der Waals surface area contributed by atoms with Crippen LogP contribution in [0.3, 0.4) is 0 Å². The molecule has 0 radical (unpaired) electrons. The van der Waals surface area contributed by atoms with Gasteiger partial charge in [0, 0.05) is 28.1 Å². The zero-order chi connectivity index (χ0) is 25.5. The summed E-state index contributed by atoms with van der Waals surface area (Å²) in [6.07, 6.45) is 0.218. The maximum absolute atomic E-state index is 9.91. The standard InChI is InChI=1S/C26H20ClN5O2S2/c27-19-5-1-17(2-6-19)25-31-20(14-35-25)15-36-26-18(12-28)11-22(23(13-29)24(30)32-26)16-3-7-21(8-4-16)34-10-9-33/h1-8,14,33H,9-11,15H2,(H2,30,32). The minimum absolute atomic E-state index is 0.0704. The topological polar surface area (TPSA) is 128 Å². The van der Waals surface area contributed by atoms with Crippen LogP contribution < -0.4 is 10.5 Å². The number of thiazole rings is 1. The van der Waals surface area contributed by atoms with E-state index in [0.29, 0.717) is 32.7 Å². The van der Waals surface area contributed by atoms with E-state index in [-0.39, 0.29) is 31.0 Å². The zero-order valence-electron chi connectivity index (χ0n) is 18.9. The van der Waals surface area contributed by atoms with Gasteiger partial charge in [0.05, 0.1) is 29.5 Å². The Kier molecular flexibility index (Phi) is 8.42. The Morgan fingerprint density at radius 3 is 2.47 bits per heavy atom. The van der Waals surface area contributed by atoms with Crippen LogP contribution in [-0.2, 0) is 5.75 Å². The number of amidine groups is 1. The summed E-state index contributed by atoms with van der Waals surface area (Å²) in [7, 11) is 0. The molecule has 0 atom stereocenters. The molecule has 2 aromatic carbocycles. The maximum atomic E-state index is 9.91. The Morgan fingerprint density at radius 2 is 1.81 bits per heavy atom. The molecule has 3 aromatic rings. The van der Waals surface area contributed by atoms with E-state index in [1.54, 1.807) is 24.3 Å². The molecule has 0 amide bonds. The Hall–Kier alpha value is -3.60. The second kappa shape index (κ2) is 11.9. The summed E-state index contributed by atoms with van der Waals surface area (Å²) in [4.78, 5) is 9.14. The number of aliphatic hydroxyl groups is 1. The molecule has 1 aliphatic rings. The van der Waals surface area contributed by atoms with Crippen molar-refractivity contribution in [1.82, 2.24) is 4.98 Å². The first-order valence-corrected chi connectivity index (χ1v) is 13.0. The third-order valence-corrected chi connectivity index (χ3v) is 7.44. The van der Waals surface area contributed by atoms with E-state index in [9.17, 15) is 10.5 Å². The van der Waals surface area contributed by atoms with E-state index in [2.05, 4.69) is 17.1 Å². The van der Waals surface area contributed by atoms with Crippen LogP contribution in [0.5, 0.6) is 5.75 Å². The summed E-state index contributed by atoms with van der Waals surface area (Å²) in [5.74, 6) is 1.16. The highest BCUT2D eigenvalue weighted by Crippen LogP contribution is 2.36. The van der Waals surface area contributed by atoms with Crippen molar-refractivity contribution in [1.29, 1.82) is 10.5 Å². The molecule has 4 rings (SSSR count). The number of allylic oxidation sites excluding steroid dienone is 2. The van der Waals surface area contributed by atoms with Crippen LogP contribution in [0.1, 0.15) is 17.7 Å². The fraction of sp³-hybridized carbons (Fsp3) is 0.154. The molecule has 3 N–H and O–H groups in total. The monoisotopic (exact) mass is 533 g/mol. The molecule has 0 saturated heterocycles. The third kappa shape index (κ3) is 5.96. The van der Waals surface area contributed by atoms with E-state index in [1.165, 1.54) is 23.1 Å². The van der Waals surface area contributed by atoms with Crippen LogP contribution in [0.25, 0.3) is 16.1 Å². The number of nitrogens with two attached hydrogens (primary N) is 1. The van der Waals surface area contributed by atoms with Gasteiger partial charge in [-0.05, 0) is 35.4 Å². The Balaban J connectivity index is 1.56. The van der Waals surface area contributed by atoms with Crippen molar-refractivity contribution in [2.24, 2.45) is 10.7 Å². The van der Waals surface area contributed by atoms with Gasteiger partial charge in [-0.15, -0.1) is 11.3 Å². The average Bonchev–Trinajstić information content (AvgIpc) is 3.32. The molecule has 1 aliphatic heterocycles. The number of nitriles is 2. The molecule has 7 nitrogen and oxygen atoms in total. The van der Waals surface area contributed by atoms with Gasteiger partial charge in [0.1, 0.15) is 34.3 Å². The zero-order valence-corrected chi connectivity index (χ0v) is 21.3. The number of halogens is 1. The molecule has 10 heteroatoms. The lowest BCUT2D eigenvalue weighted by atomic mass is 9.94. The van der Waals surface area contributed by atoms with E-state index in [4.69, 9.17) is 32.2 Å². The number of hydrogen-bond acceptors (Lipinski definition) is 9. The van der Waals surface area contributed by atoms with Crippen LogP contribution in [0, 0.1) is 22.7 Å². The lowest BCUT2D eigenvalue weighted by Gasteiger charge is -2.10. The first kappa shape index (κ1) is 25.5. The molecular weight excluding hydrogens is 514 g/mol. The van der Waals surface area contributed by atoms with Gasteiger partial charge in [0.15, 0.2) is 0 Å². The third-order valence-electron chi connectivity index (χ3n) is 5.20. The van der Waals surface area contributed by atoms with Gasteiger partial charge >= 0.3 is 0 Å². The SMILES string of the molecule is N#CC1=C(SCc2csc(-c3ccc(Cl)cc3)n2)N=C(N)C(C#N)=C(c2ccc(OCCO)cc2)C1. The molecule has 0 fully saturated rings. The van der Waals surface area contributed by atoms with Gasteiger partial charge < -0.3 is 15.6 Å². The highest BCUT2D eigenvalue weighted by molar-refractivity contribution is 8.02. The van der Waals surface area contributed by atoms with Crippen molar-refractivity contribution < 1.29 is 9.84 Å². The molecule has 36 heavy (non-hydrogen) atoms. The number of hydrogen-bond donors (Lipinski definition) is 2. The molecule has 2 heterocycles. The van der Waals surface area contributed by atoms with Crippen LogP contribution >= 0.6 is 34.7 Å². The summed E-state index contributed by atoms with van der Waals surface area (Å²) in [6, 6.07) is 19.0. The number of benzene rings is 2. The van der Waals surface area contributed by atoms with Crippen LogP contribution in [-0.4, -0.2) is 29.1 Å². The number of rotatable bonds is 8. The van der Waals surface area contributed by atoms with Crippen molar-refractivity contribution in [2.45, 2.75) is 12.2 Å². The van der Waals surface area contributed by atoms with Gasteiger partial charge in [-0.1, -0.05) is 47.6 Å². The molecule has 1 aromatic heterocycles. The molecular formula is C26H20ClN5O2S2. The van der Waals surface area contributed by atoms with Crippen molar-refractivity contribution in [3.8, 4) is 28.5 Å². The Bertz CT molecular complexity index is 1430. The predicted octanol–water partition coefficient (Wildman–Crippen LogP) is 5.54. The summed E-state index contributed by atoms with van der Waals surface area (Å²) in [6.45, 7) is 0.103. The number of ether oxygens (including phenoxy) is 1. The van der Waals surface area contributed by atoms with E-state index < -0.39 is 0 Å². The molecule has 0 unspecified atom stereocenters. The minimum Gasteiger partial charge on any atom is -0.491 e. The fourth-order valence-corrected chi connectivity index (χ4v) is 5.41. The first-order valence-electron chi connectivity index (χ1n) is 10.8. The molecule has 0 aliphatic carbocycles. The summed E-state index contributed by atoms with van der Waals surface area (Å²) >= 11 is 8.87. The van der Waals surface area contributed by atoms with E-state index in [1.807, 2.05) is 29.6 Å². The van der Waals surface area contributed by atoms with Gasteiger partial charge in [-0.3, -0.25) is 0 Å². The normalized spacial score (nSPS) is 13.6. The first-order chi connectivity index (χ1) is 17.5. The average molecular weight is 534 g/mol. The van der Waals surface area contributed by atoms with Crippen molar-refractivity contribution in [2.75, 3.05) is 13.2 Å². The van der Waals surface area contributed by atoms with E-state index in [0.717, 1.165) is 21.8 Å². The second-order valence-electron chi connectivity index (χ2n) is 7.57. The van der Waals surface area contributed by atoms with Crippen molar-refractivity contribution in [3.05, 3.63) is 86.4 Å². The van der Waals surface area contributed by atoms with Crippen molar-refractivity contribution >= 4 is 46.1 Å². The number of aliphatic imine (C=N–C) groups is 1. The van der Waals surface area contributed by atoms with Crippen LogP contribution in [0.4, 0.5) is 0 Å². The number of aromatic nitrogens is 1. The van der Waals surface area contributed by atoms with Gasteiger partial charge in [-0.2, -0.15) is 10.5 Å². The number of thioether (sulfide) groups is 1. The smallest absolute Gasteiger partial charge is 0.143 e. The number of nitrogens with zero attached hydrogens (tertiary/aromatic N) is 4. The van der Waals surface area contributed by atoms with Crippen molar-refractivity contribution in [3.63, 3.8) is 0 Å². The van der Waals surface area contributed by atoms with E-state index >= 15 is 0 Å². The minimum atomic E-state index is -0.0847. The molecule has 180 valence electrons. The largest absolute Gasteiger partial charge is 0.491 e. The highest BCUT2D eigenvalue weighted by Gasteiger charge is 2.22. The van der Waals surface area contributed by atoms with Crippen LogP contribution in [0.15, 0.2) is 75.1 Å². The lowest BCUT2D eigenvalue weighted by Crippen LogP contribution is -2.15. The Morgan fingerprint density at radius 1 is 1.08 bits per heavy atom. The lowest BCUT2D eigenvalue weighted by molar-refractivity contribution is 0.201. The number of aliphatic hydroxyl groups excluding tert-OH is 1. The summed E-state index contributed by atoms with van der Waals surface area (Å²) in [5, 5.41) is 32.7. The molecule has 0 spiro atoms. The fourth-order valence-electron chi connectivity index (χ4n) is 3.46. The second-order valence-corrected chi connectivity index (χ2v) is 9.83. The predicted molar refractivity (Wildman–Crippen MR) is 144 cm³/mol. The summed E-state index contributed by atoms with van der Waals surface area (Å²) < 4.78 is 5.41. The molecule has 0 bridgehead atoms. The highest BCUT2D eigenvalue weighted by atomic mass is 35.5. The van der Waals surface area contributed by atoms with Crippen LogP contribution in [0.2, 0.25) is 5.02 Å². The molecule has 0 saturated carbocycles. The van der Waals surface area contributed by atoms with Gasteiger partial charge in [-0.25, -0.2) is 9.98 Å².